The lowest BCUT2D eigenvalue weighted by atomic mass is 10.2. The van der Waals surface area contributed by atoms with E-state index in [0.717, 1.165) is 29.8 Å². The Bertz CT molecular complexity index is 667. The zero-order chi connectivity index (χ0) is 15.5. The topological polar surface area (TPSA) is 70.2 Å². The van der Waals surface area contributed by atoms with Crippen molar-refractivity contribution < 1.29 is 9.53 Å². The van der Waals surface area contributed by atoms with E-state index in [2.05, 4.69) is 34.3 Å². The summed E-state index contributed by atoms with van der Waals surface area (Å²) in [6.07, 6.45) is 0.726. The molecule has 0 bridgehead atoms. The first kappa shape index (κ1) is 14.8. The number of amides is 1. The van der Waals surface area contributed by atoms with Crippen molar-refractivity contribution in [2.75, 3.05) is 19.7 Å². The maximum Gasteiger partial charge on any atom is 0.409 e. The Hall–Kier alpha value is -2.08. The van der Waals surface area contributed by atoms with Gasteiger partial charge in [-0.25, -0.2) is 9.78 Å². The van der Waals surface area contributed by atoms with E-state index in [0.29, 0.717) is 25.7 Å². The number of carbonyl (C=O) groups is 1. The van der Waals surface area contributed by atoms with Crippen molar-refractivity contribution in [3.05, 3.63) is 29.6 Å². The minimum absolute atomic E-state index is 0.217. The molecule has 1 aromatic carbocycles. The van der Waals surface area contributed by atoms with Crippen molar-refractivity contribution in [2.24, 2.45) is 0 Å². The zero-order valence-corrected chi connectivity index (χ0v) is 13.1. The highest BCUT2D eigenvalue weighted by molar-refractivity contribution is 5.75. The molecule has 1 atom stereocenters. The van der Waals surface area contributed by atoms with Crippen molar-refractivity contribution >= 4 is 17.1 Å². The van der Waals surface area contributed by atoms with Crippen LogP contribution in [0.3, 0.4) is 0 Å². The standard InChI is InChI=1S/C16H22N4O2/c1-3-22-16(21)20-7-6-12(10-20)17-9-15-18-13-5-4-11(2)8-14(13)19-15/h4-5,8,12,17H,3,6-7,9-10H2,1-2H3,(H,18,19). The maximum absolute atomic E-state index is 11.7. The molecule has 3 rings (SSSR count). The second kappa shape index (κ2) is 6.36. The van der Waals surface area contributed by atoms with E-state index in [1.807, 2.05) is 13.0 Å². The number of ether oxygens (including phenoxy) is 1. The number of rotatable bonds is 4. The van der Waals surface area contributed by atoms with Gasteiger partial charge in [-0.15, -0.1) is 0 Å². The van der Waals surface area contributed by atoms with Crippen LogP contribution in [-0.4, -0.2) is 46.7 Å². The number of H-pyrrole nitrogens is 1. The van der Waals surface area contributed by atoms with E-state index in [9.17, 15) is 4.79 Å². The Morgan fingerprint density at radius 3 is 3.23 bits per heavy atom. The smallest absolute Gasteiger partial charge is 0.409 e. The molecule has 0 aliphatic carbocycles. The number of likely N-dealkylation sites (tertiary alicyclic amines) is 1. The predicted octanol–water partition coefficient (Wildman–Crippen LogP) is 2.19. The first-order valence-corrected chi connectivity index (χ1v) is 7.76. The number of aryl methyl sites for hydroxylation is 1. The van der Waals surface area contributed by atoms with E-state index < -0.39 is 0 Å². The van der Waals surface area contributed by atoms with E-state index in [4.69, 9.17) is 4.74 Å². The van der Waals surface area contributed by atoms with Gasteiger partial charge in [0.2, 0.25) is 0 Å². The Balaban J connectivity index is 1.55. The van der Waals surface area contributed by atoms with Crippen molar-refractivity contribution in [1.82, 2.24) is 20.2 Å². The van der Waals surface area contributed by atoms with Crippen molar-refractivity contribution in [1.29, 1.82) is 0 Å². The molecule has 1 aliphatic rings. The van der Waals surface area contributed by atoms with Crippen LogP contribution >= 0.6 is 0 Å². The number of aromatic nitrogens is 2. The number of nitrogens with zero attached hydrogens (tertiary/aromatic N) is 2. The molecule has 22 heavy (non-hydrogen) atoms. The zero-order valence-electron chi connectivity index (χ0n) is 13.1. The molecule has 6 heteroatoms. The number of aromatic amines is 1. The molecule has 1 amide bonds. The van der Waals surface area contributed by atoms with Gasteiger partial charge in [0.05, 0.1) is 24.2 Å². The quantitative estimate of drug-likeness (QED) is 0.908. The van der Waals surface area contributed by atoms with Crippen molar-refractivity contribution in [2.45, 2.75) is 32.9 Å². The summed E-state index contributed by atoms with van der Waals surface area (Å²) in [5.74, 6) is 0.926. The molecule has 1 aliphatic heterocycles. The van der Waals surface area contributed by atoms with E-state index >= 15 is 0 Å². The minimum Gasteiger partial charge on any atom is -0.450 e. The molecule has 2 N–H and O–H groups in total. The molecule has 2 aromatic rings. The molecule has 1 saturated heterocycles. The number of hydrogen-bond donors (Lipinski definition) is 2. The predicted molar refractivity (Wildman–Crippen MR) is 84.7 cm³/mol. The molecule has 1 unspecified atom stereocenters. The second-order valence-electron chi connectivity index (χ2n) is 5.72. The average molecular weight is 302 g/mol. The summed E-state index contributed by atoms with van der Waals surface area (Å²) in [7, 11) is 0. The summed E-state index contributed by atoms with van der Waals surface area (Å²) < 4.78 is 5.03. The van der Waals surface area contributed by atoms with Gasteiger partial charge in [-0.1, -0.05) is 6.07 Å². The van der Waals surface area contributed by atoms with E-state index in [1.165, 1.54) is 5.56 Å². The average Bonchev–Trinajstić information content (AvgIpc) is 3.11. The molecule has 2 heterocycles. The summed E-state index contributed by atoms with van der Waals surface area (Å²) >= 11 is 0. The fourth-order valence-electron chi connectivity index (χ4n) is 2.81. The second-order valence-corrected chi connectivity index (χ2v) is 5.72. The van der Waals surface area contributed by atoms with Crippen LogP contribution in [-0.2, 0) is 11.3 Å². The third-order valence-electron chi connectivity index (χ3n) is 3.96. The third kappa shape index (κ3) is 3.22. The highest BCUT2D eigenvalue weighted by Gasteiger charge is 2.26. The summed E-state index contributed by atoms with van der Waals surface area (Å²) in [6.45, 7) is 6.43. The van der Waals surface area contributed by atoms with Crippen LogP contribution in [0.15, 0.2) is 18.2 Å². The van der Waals surface area contributed by atoms with Crippen LogP contribution in [0.2, 0.25) is 0 Å². The molecule has 0 radical (unpaired) electrons. The van der Waals surface area contributed by atoms with Crippen LogP contribution in [0.5, 0.6) is 0 Å². The lowest BCUT2D eigenvalue weighted by Crippen LogP contribution is -2.35. The van der Waals surface area contributed by atoms with Crippen molar-refractivity contribution in [3.63, 3.8) is 0 Å². The Morgan fingerprint density at radius 2 is 2.41 bits per heavy atom. The number of carbonyl (C=O) groups excluding carboxylic acids is 1. The summed E-state index contributed by atoms with van der Waals surface area (Å²) in [5.41, 5.74) is 3.27. The van der Waals surface area contributed by atoms with E-state index in [-0.39, 0.29) is 6.09 Å². The summed E-state index contributed by atoms with van der Waals surface area (Å²) in [4.78, 5) is 21.3. The molecular formula is C16H22N4O2. The highest BCUT2D eigenvalue weighted by Crippen LogP contribution is 2.14. The number of nitrogens with one attached hydrogen (secondary N) is 2. The third-order valence-corrected chi connectivity index (χ3v) is 3.96. The molecule has 1 aromatic heterocycles. The van der Waals surface area contributed by atoms with Crippen LogP contribution in [0, 0.1) is 6.92 Å². The van der Waals surface area contributed by atoms with Crippen LogP contribution in [0.25, 0.3) is 11.0 Å². The molecule has 0 spiro atoms. The van der Waals surface area contributed by atoms with Gasteiger partial charge < -0.3 is 19.9 Å². The lowest BCUT2D eigenvalue weighted by Gasteiger charge is -2.16. The highest BCUT2D eigenvalue weighted by atomic mass is 16.6. The Labute approximate surface area is 129 Å². The SMILES string of the molecule is CCOC(=O)N1CCC(NCc2nc3ccc(C)cc3[nH]2)C1. The van der Waals surface area contributed by atoms with Gasteiger partial charge in [-0.3, -0.25) is 0 Å². The van der Waals surface area contributed by atoms with Gasteiger partial charge in [-0.05, 0) is 38.0 Å². The number of hydrogen-bond acceptors (Lipinski definition) is 4. The fraction of sp³-hybridized carbons (Fsp3) is 0.500. The number of benzene rings is 1. The maximum atomic E-state index is 11.7. The molecule has 6 nitrogen and oxygen atoms in total. The molecule has 0 saturated carbocycles. The molecule has 118 valence electrons. The normalized spacial score (nSPS) is 18.1. The van der Waals surface area contributed by atoms with Gasteiger partial charge in [-0.2, -0.15) is 0 Å². The minimum atomic E-state index is -0.217. The Morgan fingerprint density at radius 1 is 1.55 bits per heavy atom. The van der Waals surface area contributed by atoms with Crippen LogP contribution < -0.4 is 5.32 Å². The van der Waals surface area contributed by atoms with Crippen molar-refractivity contribution in [3.8, 4) is 0 Å². The van der Waals surface area contributed by atoms with Crippen LogP contribution in [0.4, 0.5) is 4.79 Å². The molecule has 1 fully saturated rings. The van der Waals surface area contributed by atoms with Gasteiger partial charge >= 0.3 is 6.09 Å². The summed E-state index contributed by atoms with van der Waals surface area (Å²) in [5, 5.41) is 3.46. The van der Waals surface area contributed by atoms with Crippen LogP contribution in [0.1, 0.15) is 24.7 Å². The van der Waals surface area contributed by atoms with Gasteiger partial charge in [0.1, 0.15) is 5.82 Å². The van der Waals surface area contributed by atoms with Gasteiger partial charge in [0.25, 0.3) is 0 Å². The monoisotopic (exact) mass is 302 g/mol. The summed E-state index contributed by atoms with van der Waals surface area (Å²) in [6, 6.07) is 6.49. The Kier molecular flexibility index (Phi) is 4.29. The number of fused-ring (bicyclic) bond motifs is 1. The molecular weight excluding hydrogens is 280 g/mol. The van der Waals surface area contributed by atoms with E-state index in [1.54, 1.807) is 4.90 Å². The number of imidazole rings is 1. The first-order valence-electron chi connectivity index (χ1n) is 7.76. The largest absolute Gasteiger partial charge is 0.450 e. The van der Waals surface area contributed by atoms with Gasteiger partial charge in [0, 0.05) is 19.1 Å². The lowest BCUT2D eigenvalue weighted by molar-refractivity contribution is 0.115. The first-order chi connectivity index (χ1) is 10.7. The fourth-order valence-corrected chi connectivity index (χ4v) is 2.81. The van der Waals surface area contributed by atoms with Gasteiger partial charge in [0.15, 0.2) is 0 Å².